The van der Waals surface area contributed by atoms with Crippen LogP contribution in [0.4, 0.5) is 4.39 Å². The van der Waals surface area contributed by atoms with E-state index in [0.29, 0.717) is 16.8 Å². The van der Waals surface area contributed by atoms with Crippen LogP contribution in [0.25, 0.3) is 28.2 Å². The summed E-state index contributed by atoms with van der Waals surface area (Å²) >= 11 is 0. The molecule has 0 fully saturated rings. The Hall–Kier alpha value is -3.41. The van der Waals surface area contributed by atoms with Crippen molar-refractivity contribution in [3.05, 3.63) is 66.9 Å². The highest BCUT2D eigenvalue weighted by Crippen LogP contribution is 2.37. The maximum absolute atomic E-state index is 14.3. The zero-order valence-corrected chi connectivity index (χ0v) is 12.4. The second-order valence-electron chi connectivity index (χ2n) is 5.27. The Morgan fingerprint density at radius 2 is 1.83 bits per heavy atom. The number of hydrogen-bond acceptors (Lipinski definition) is 4. The van der Waals surface area contributed by atoms with Gasteiger partial charge in [0.25, 0.3) is 0 Å². The minimum Gasteiger partial charge on any atom is -0.507 e. The molecule has 0 saturated carbocycles. The lowest BCUT2D eigenvalue weighted by Crippen LogP contribution is -1.92. The van der Waals surface area contributed by atoms with Crippen LogP contribution >= 0.6 is 0 Å². The van der Waals surface area contributed by atoms with Crippen molar-refractivity contribution < 1.29 is 14.6 Å². The first-order valence-corrected chi connectivity index (χ1v) is 7.25. The molecule has 24 heavy (non-hydrogen) atoms. The van der Waals surface area contributed by atoms with Crippen molar-refractivity contribution in [1.29, 1.82) is 0 Å². The van der Waals surface area contributed by atoms with E-state index in [4.69, 9.17) is 0 Å². The molecule has 0 saturated heterocycles. The van der Waals surface area contributed by atoms with E-state index in [1.807, 2.05) is 6.07 Å². The van der Waals surface area contributed by atoms with E-state index < -0.39 is 5.82 Å². The number of rotatable bonds is 2. The molecular formula is C18H12FN3O2. The van der Waals surface area contributed by atoms with E-state index in [-0.39, 0.29) is 22.9 Å². The number of pyridine rings is 2. The second-order valence-corrected chi connectivity index (χ2v) is 5.27. The third kappa shape index (κ3) is 2.08. The van der Waals surface area contributed by atoms with Gasteiger partial charge in [-0.15, -0.1) is 0 Å². The Kier molecular flexibility index (Phi) is 3.16. The molecule has 118 valence electrons. The van der Waals surface area contributed by atoms with E-state index in [1.54, 1.807) is 22.7 Å². The summed E-state index contributed by atoms with van der Waals surface area (Å²) < 4.78 is 15.9. The van der Waals surface area contributed by atoms with Crippen LogP contribution in [0.1, 0.15) is 0 Å². The van der Waals surface area contributed by atoms with Crippen LogP contribution in [0.15, 0.2) is 61.1 Å². The highest BCUT2D eigenvalue weighted by molar-refractivity contribution is 5.84. The lowest BCUT2D eigenvalue weighted by Gasteiger charge is -2.04. The van der Waals surface area contributed by atoms with Gasteiger partial charge in [0, 0.05) is 18.6 Å². The summed E-state index contributed by atoms with van der Waals surface area (Å²) in [6, 6.07) is 11.0. The Balaban J connectivity index is 2.08. The number of hydrogen-bond donors (Lipinski definition) is 2. The molecule has 1 aromatic carbocycles. The molecule has 6 heteroatoms. The van der Waals surface area contributed by atoms with Crippen molar-refractivity contribution in [2.75, 3.05) is 0 Å². The molecule has 0 aliphatic rings. The van der Waals surface area contributed by atoms with Gasteiger partial charge in [-0.25, -0.2) is 9.37 Å². The fourth-order valence-electron chi connectivity index (χ4n) is 2.72. The summed E-state index contributed by atoms with van der Waals surface area (Å²) in [4.78, 5) is 8.49. The first kappa shape index (κ1) is 14.2. The number of phenols is 1. The molecule has 0 aliphatic heterocycles. The van der Waals surface area contributed by atoms with E-state index in [0.717, 1.165) is 0 Å². The monoisotopic (exact) mass is 321 g/mol. The van der Waals surface area contributed by atoms with E-state index in [1.165, 1.54) is 36.7 Å². The lowest BCUT2D eigenvalue weighted by atomic mass is 10.1. The van der Waals surface area contributed by atoms with Crippen molar-refractivity contribution in [2.24, 2.45) is 0 Å². The number of benzene rings is 1. The first-order chi connectivity index (χ1) is 11.7. The standard InChI is InChI=1S/C18H12FN3O2/c19-12-4-3-6-15(24)16(12)18-21-17(11-10-20-8-7-14(11)23)13-5-1-2-9-22(13)18/h1-10,24H,(H,20,23). The Labute approximate surface area is 136 Å². The van der Waals surface area contributed by atoms with Crippen LogP contribution in [-0.2, 0) is 0 Å². The van der Waals surface area contributed by atoms with Gasteiger partial charge in [0.05, 0.1) is 16.6 Å². The molecule has 0 bridgehead atoms. The van der Waals surface area contributed by atoms with Crippen molar-refractivity contribution in [2.45, 2.75) is 0 Å². The fourth-order valence-corrected chi connectivity index (χ4v) is 2.72. The predicted molar refractivity (Wildman–Crippen MR) is 87.1 cm³/mol. The van der Waals surface area contributed by atoms with Crippen LogP contribution in [0.2, 0.25) is 0 Å². The molecule has 0 amide bonds. The zero-order valence-electron chi connectivity index (χ0n) is 12.4. The molecule has 0 spiro atoms. The third-order valence-corrected chi connectivity index (χ3v) is 3.82. The predicted octanol–water partition coefficient (Wildman–Crippen LogP) is 3.61. The van der Waals surface area contributed by atoms with Crippen LogP contribution < -0.4 is 0 Å². The Bertz CT molecular complexity index is 1040. The van der Waals surface area contributed by atoms with Gasteiger partial charge < -0.3 is 10.2 Å². The van der Waals surface area contributed by atoms with Gasteiger partial charge in [-0.05, 0) is 30.3 Å². The van der Waals surface area contributed by atoms with E-state index >= 15 is 0 Å². The summed E-state index contributed by atoms with van der Waals surface area (Å²) in [5.41, 5.74) is 1.56. The van der Waals surface area contributed by atoms with E-state index in [9.17, 15) is 14.6 Å². The topological polar surface area (TPSA) is 70.7 Å². The van der Waals surface area contributed by atoms with Crippen LogP contribution in [0, 0.1) is 5.82 Å². The van der Waals surface area contributed by atoms with Crippen molar-refractivity contribution in [3.63, 3.8) is 0 Å². The molecule has 0 unspecified atom stereocenters. The normalized spacial score (nSPS) is 11.0. The Morgan fingerprint density at radius 1 is 0.958 bits per heavy atom. The maximum atomic E-state index is 14.3. The number of phenolic OH excluding ortho intramolecular Hbond substituents is 1. The molecule has 0 aliphatic carbocycles. The summed E-state index contributed by atoms with van der Waals surface area (Å²) in [6.45, 7) is 0. The number of aromatic hydroxyl groups is 2. The molecule has 4 rings (SSSR count). The molecular weight excluding hydrogens is 309 g/mol. The summed E-state index contributed by atoms with van der Waals surface area (Å²) in [5.74, 6) is -0.502. The highest BCUT2D eigenvalue weighted by atomic mass is 19.1. The Morgan fingerprint density at radius 3 is 2.62 bits per heavy atom. The average molecular weight is 321 g/mol. The van der Waals surface area contributed by atoms with E-state index in [2.05, 4.69) is 9.97 Å². The molecule has 0 radical (unpaired) electrons. The minimum absolute atomic E-state index is 0.00771. The third-order valence-electron chi connectivity index (χ3n) is 3.82. The maximum Gasteiger partial charge on any atom is 0.152 e. The molecule has 3 heterocycles. The second kappa shape index (κ2) is 5.34. The summed E-state index contributed by atoms with van der Waals surface area (Å²) in [5, 5.41) is 20.2. The van der Waals surface area contributed by atoms with Gasteiger partial charge in [0.1, 0.15) is 23.0 Å². The fraction of sp³-hybridized carbons (Fsp3) is 0. The number of halogens is 1. The largest absolute Gasteiger partial charge is 0.507 e. The number of fused-ring (bicyclic) bond motifs is 1. The van der Waals surface area contributed by atoms with Gasteiger partial charge in [-0.3, -0.25) is 9.38 Å². The van der Waals surface area contributed by atoms with Gasteiger partial charge >= 0.3 is 0 Å². The summed E-state index contributed by atoms with van der Waals surface area (Å²) in [7, 11) is 0. The smallest absolute Gasteiger partial charge is 0.152 e. The van der Waals surface area contributed by atoms with Gasteiger partial charge in [0.2, 0.25) is 0 Å². The van der Waals surface area contributed by atoms with Gasteiger partial charge in [-0.2, -0.15) is 0 Å². The SMILES string of the molecule is Oc1ccncc1-c1nc(-c2c(O)cccc2F)n2ccccc12. The van der Waals surface area contributed by atoms with Crippen molar-refractivity contribution in [3.8, 4) is 34.1 Å². The highest BCUT2D eigenvalue weighted by Gasteiger charge is 2.20. The van der Waals surface area contributed by atoms with Crippen molar-refractivity contribution >= 4 is 5.52 Å². The van der Waals surface area contributed by atoms with Crippen molar-refractivity contribution in [1.82, 2.24) is 14.4 Å². The lowest BCUT2D eigenvalue weighted by molar-refractivity contribution is 0.471. The molecule has 3 aromatic heterocycles. The van der Waals surface area contributed by atoms with Crippen LogP contribution in [0.3, 0.4) is 0 Å². The molecule has 5 nitrogen and oxygen atoms in total. The quantitative estimate of drug-likeness (QED) is 0.591. The molecule has 2 N–H and O–H groups in total. The van der Waals surface area contributed by atoms with Crippen LogP contribution in [-0.4, -0.2) is 24.6 Å². The average Bonchev–Trinajstić information content (AvgIpc) is 2.95. The zero-order chi connectivity index (χ0) is 16.7. The number of imidazole rings is 1. The van der Waals surface area contributed by atoms with Gasteiger partial charge in [0.15, 0.2) is 5.82 Å². The number of nitrogens with zero attached hydrogens (tertiary/aromatic N) is 3. The number of aromatic nitrogens is 3. The minimum atomic E-state index is -0.576. The van der Waals surface area contributed by atoms with Gasteiger partial charge in [-0.1, -0.05) is 12.1 Å². The summed E-state index contributed by atoms with van der Waals surface area (Å²) in [6.07, 6.45) is 4.69. The first-order valence-electron chi connectivity index (χ1n) is 7.25. The molecule has 4 aromatic rings. The molecule has 0 atom stereocenters. The van der Waals surface area contributed by atoms with Crippen LogP contribution in [0.5, 0.6) is 11.5 Å².